The molecule has 5 heteroatoms. The molecule has 0 saturated heterocycles. The molecular weight excluding hydrogens is 249 g/mol. The zero-order valence-electron chi connectivity index (χ0n) is 10.2. The van der Waals surface area contributed by atoms with E-state index in [-0.39, 0.29) is 11.4 Å². The predicted octanol–water partition coefficient (Wildman–Crippen LogP) is 3.36. The summed E-state index contributed by atoms with van der Waals surface area (Å²) in [6, 6.07) is 10.2. The molecule has 0 spiro atoms. The summed E-state index contributed by atoms with van der Waals surface area (Å²) in [4.78, 5) is 11.1. The third kappa shape index (κ3) is 3.01. The van der Waals surface area contributed by atoms with Gasteiger partial charge in [-0.1, -0.05) is 0 Å². The quantitative estimate of drug-likeness (QED) is 0.886. The Morgan fingerprint density at radius 1 is 1.16 bits per heavy atom. The molecule has 0 fully saturated rings. The van der Waals surface area contributed by atoms with Crippen molar-refractivity contribution in [1.29, 1.82) is 0 Å². The lowest BCUT2D eigenvalue weighted by Gasteiger charge is -2.09. The van der Waals surface area contributed by atoms with Crippen molar-refractivity contribution in [3.05, 3.63) is 53.8 Å². The number of carboxylic acids is 1. The van der Waals surface area contributed by atoms with Crippen molar-refractivity contribution in [1.82, 2.24) is 0 Å². The first kappa shape index (κ1) is 12.9. The van der Waals surface area contributed by atoms with Gasteiger partial charge in [0, 0.05) is 12.7 Å². The summed E-state index contributed by atoms with van der Waals surface area (Å²) in [5.41, 5.74) is 0.612. The van der Waals surface area contributed by atoms with Crippen molar-refractivity contribution >= 4 is 11.7 Å². The summed E-state index contributed by atoms with van der Waals surface area (Å²) >= 11 is 0. The molecule has 0 atom stereocenters. The molecule has 2 rings (SSSR count). The molecule has 0 bridgehead atoms. The van der Waals surface area contributed by atoms with Crippen LogP contribution >= 0.6 is 0 Å². The highest BCUT2D eigenvalue weighted by Gasteiger charge is 2.11. The van der Waals surface area contributed by atoms with E-state index >= 15 is 0 Å². The second-order valence-electron chi connectivity index (χ2n) is 3.82. The first-order chi connectivity index (χ1) is 9.10. The van der Waals surface area contributed by atoms with Crippen LogP contribution in [-0.4, -0.2) is 18.1 Å². The summed E-state index contributed by atoms with van der Waals surface area (Å²) in [5.74, 6) is -0.587. The number of carboxylic acid groups (broad SMARTS) is 1. The Labute approximate surface area is 109 Å². The van der Waals surface area contributed by atoms with Gasteiger partial charge in [0.25, 0.3) is 0 Å². The van der Waals surface area contributed by atoms with Gasteiger partial charge in [-0.2, -0.15) is 0 Å². The van der Waals surface area contributed by atoms with E-state index in [4.69, 9.17) is 9.84 Å². The average molecular weight is 261 g/mol. The van der Waals surface area contributed by atoms with Gasteiger partial charge in [-0.25, -0.2) is 9.18 Å². The largest absolute Gasteiger partial charge is 0.478 e. The van der Waals surface area contributed by atoms with Gasteiger partial charge in [-0.3, -0.25) is 0 Å². The minimum atomic E-state index is -1.05. The molecule has 98 valence electrons. The lowest BCUT2D eigenvalue weighted by atomic mass is 10.1. The zero-order valence-corrected chi connectivity index (χ0v) is 10.2. The van der Waals surface area contributed by atoms with E-state index in [9.17, 15) is 9.18 Å². The zero-order chi connectivity index (χ0) is 13.8. The summed E-state index contributed by atoms with van der Waals surface area (Å²) < 4.78 is 18.2. The van der Waals surface area contributed by atoms with Crippen LogP contribution in [0.15, 0.2) is 42.5 Å². The minimum absolute atomic E-state index is 0.113. The Balaban J connectivity index is 2.28. The molecule has 2 aromatic rings. The van der Waals surface area contributed by atoms with Gasteiger partial charge in [0.15, 0.2) is 0 Å². The normalized spacial score (nSPS) is 10.0. The lowest BCUT2D eigenvalue weighted by Crippen LogP contribution is -2.02. The molecule has 4 nitrogen and oxygen atoms in total. The number of ether oxygens (including phenoxy) is 1. The van der Waals surface area contributed by atoms with Crippen molar-refractivity contribution in [2.75, 3.05) is 12.4 Å². The van der Waals surface area contributed by atoms with E-state index in [1.165, 1.54) is 30.3 Å². The fourth-order valence-corrected chi connectivity index (χ4v) is 1.62. The first-order valence-corrected chi connectivity index (χ1v) is 5.58. The van der Waals surface area contributed by atoms with Crippen LogP contribution in [0.1, 0.15) is 10.4 Å². The maximum atomic E-state index is 12.8. The molecule has 0 saturated carbocycles. The van der Waals surface area contributed by atoms with Crippen LogP contribution in [0.4, 0.5) is 10.1 Å². The van der Waals surface area contributed by atoms with Crippen LogP contribution in [0.25, 0.3) is 0 Å². The van der Waals surface area contributed by atoms with Gasteiger partial charge in [-0.15, -0.1) is 0 Å². The van der Waals surface area contributed by atoms with Gasteiger partial charge in [0.1, 0.15) is 17.3 Å². The summed E-state index contributed by atoms with van der Waals surface area (Å²) in [6.07, 6.45) is 0. The number of rotatable bonds is 4. The number of anilines is 1. The van der Waals surface area contributed by atoms with Gasteiger partial charge in [0.05, 0.1) is 5.56 Å². The fraction of sp³-hybridized carbons (Fsp3) is 0.0714. The summed E-state index contributed by atoms with van der Waals surface area (Å²) in [5, 5.41) is 11.9. The number of aromatic carboxylic acids is 1. The second-order valence-corrected chi connectivity index (χ2v) is 3.82. The summed E-state index contributed by atoms with van der Waals surface area (Å²) in [7, 11) is 1.64. The van der Waals surface area contributed by atoms with Crippen molar-refractivity contribution in [3.8, 4) is 11.5 Å². The van der Waals surface area contributed by atoms with E-state index in [0.29, 0.717) is 17.2 Å². The summed E-state index contributed by atoms with van der Waals surface area (Å²) in [6.45, 7) is 0. The van der Waals surface area contributed by atoms with Crippen LogP contribution in [0.3, 0.4) is 0 Å². The molecule has 2 aromatic carbocycles. The molecule has 0 aliphatic rings. The van der Waals surface area contributed by atoms with E-state index in [1.54, 1.807) is 19.2 Å². The van der Waals surface area contributed by atoms with E-state index in [2.05, 4.69) is 5.32 Å². The molecule has 2 N–H and O–H groups in total. The molecule has 0 aliphatic heterocycles. The standard InChI is InChI=1S/C14H12FNO3/c1-16-13-7-6-11(8-12(13)14(17)18)19-10-4-2-9(15)3-5-10/h2-8,16H,1H3,(H,17,18). The van der Waals surface area contributed by atoms with Gasteiger partial charge < -0.3 is 15.2 Å². The van der Waals surface area contributed by atoms with Crippen molar-refractivity contribution in [3.63, 3.8) is 0 Å². The molecule has 0 heterocycles. The monoisotopic (exact) mass is 261 g/mol. The predicted molar refractivity (Wildman–Crippen MR) is 69.4 cm³/mol. The molecule has 19 heavy (non-hydrogen) atoms. The number of benzene rings is 2. The number of hydrogen-bond acceptors (Lipinski definition) is 3. The Morgan fingerprint density at radius 3 is 2.37 bits per heavy atom. The van der Waals surface area contributed by atoms with Crippen LogP contribution in [0.5, 0.6) is 11.5 Å². The van der Waals surface area contributed by atoms with Gasteiger partial charge >= 0.3 is 5.97 Å². The van der Waals surface area contributed by atoms with E-state index in [0.717, 1.165) is 0 Å². The van der Waals surface area contributed by atoms with Crippen molar-refractivity contribution < 1.29 is 19.0 Å². The average Bonchev–Trinajstić information content (AvgIpc) is 2.41. The minimum Gasteiger partial charge on any atom is -0.478 e. The fourth-order valence-electron chi connectivity index (χ4n) is 1.62. The number of halogens is 1. The van der Waals surface area contributed by atoms with Crippen LogP contribution < -0.4 is 10.1 Å². The number of nitrogens with one attached hydrogen (secondary N) is 1. The molecular formula is C14H12FNO3. The van der Waals surface area contributed by atoms with Crippen molar-refractivity contribution in [2.45, 2.75) is 0 Å². The topological polar surface area (TPSA) is 58.6 Å². The third-order valence-corrected chi connectivity index (χ3v) is 2.54. The van der Waals surface area contributed by atoms with E-state index in [1.807, 2.05) is 0 Å². The molecule has 0 aliphatic carbocycles. The van der Waals surface area contributed by atoms with Crippen molar-refractivity contribution in [2.24, 2.45) is 0 Å². The van der Waals surface area contributed by atoms with Crippen LogP contribution in [0.2, 0.25) is 0 Å². The van der Waals surface area contributed by atoms with Gasteiger partial charge in [-0.05, 0) is 42.5 Å². The first-order valence-electron chi connectivity index (χ1n) is 5.58. The number of carbonyl (C=O) groups is 1. The lowest BCUT2D eigenvalue weighted by molar-refractivity contribution is 0.0697. The second kappa shape index (κ2) is 5.39. The Kier molecular flexibility index (Phi) is 3.66. The SMILES string of the molecule is CNc1ccc(Oc2ccc(F)cc2)cc1C(=O)O. The highest BCUT2D eigenvalue weighted by Crippen LogP contribution is 2.26. The maximum Gasteiger partial charge on any atom is 0.337 e. The highest BCUT2D eigenvalue weighted by molar-refractivity contribution is 5.94. The van der Waals surface area contributed by atoms with Crippen LogP contribution in [-0.2, 0) is 0 Å². The molecule has 0 aromatic heterocycles. The van der Waals surface area contributed by atoms with Crippen LogP contribution in [0, 0.1) is 5.82 Å². The Bertz CT molecular complexity index is 596. The number of hydrogen-bond donors (Lipinski definition) is 2. The maximum absolute atomic E-state index is 12.8. The Hall–Kier alpha value is -2.56. The molecule has 0 unspecified atom stereocenters. The van der Waals surface area contributed by atoms with E-state index < -0.39 is 5.97 Å². The Morgan fingerprint density at radius 2 is 1.79 bits per heavy atom. The van der Waals surface area contributed by atoms with Gasteiger partial charge in [0.2, 0.25) is 0 Å². The molecule has 0 radical (unpaired) electrons. The smallest absolute Gasteiger partial charge is 0.337 e. The molecule has 0 amide bonds. The highest BCUT2D eigenvalue weighted by atomic mass is 19.1. The third-order valence-electron chi connectivity index (χ3n) is 2.54.